The van der Waals surface area contributed by atoms with Crippen LogP contribution in [0.5, 0.6) is 5.75 Å². The summed E-state index contributed by atoms with van der Waals surface area (Å²) in [7, 11) is -1.76. The largest absolute Gasteiger partial charge is 0.547 e. The highest BCUT2D eigenvalue weighted by molar-refractivity contribution is 6.47. The summed E-state index contributed by atoms with van der Waals surface area (Å²) < 4.78 is 20.7. The molecular weight excluding hydrogens is 582 g/mol. The maximum atomic E-state index is 15.3. The van der Waals surface area contributed by atoms with E-state index >= 15 is 4.39 Å². The highest BCUT2D eigenvalue weighted by Crippen LogP contribution is 2.31. The normalized spacial score (nSPS) is 17.2. The Bertz CT molecular complexity index is 1510. The number of hydrogen-bond donors (Lipinski definition) is 5. The van der Waals surface area contributed by atoms with Crippen LogP contribution in [0.25, 0.3) is 0 Å². The van der Waals surface area contributed by atoms with Gasteiger partial charge < -0.3 is 35.4 Å². The molecule has 220 valence electrons. The monoisotopic (exact) mass is 604 g/mol. The maximum Gasteiger partial charge on any atom is 0.547 e. The number of carbonyl (C=O) groups excluding carboxylic acids is 4. The van der Waals surface area contributed by atoms with E-state index in [-0.39, 0.29) is 37.4 Å². The van der Waals surface area contributed by atoms with E-state index in [1.54, 1.807) is 6.92 Å². The number of likely N-dealkylation sites (N-methyl/N-ethyl adjacent to an activating group) is 1. The second kappa shape index (κ2) is 12.0. The summed E-state index contributed by atoms with van der Waals surface area (Å²) in [6.07, 6.45) is -0.128. The molecule has 2 aromatic carbocycles. The van der Waals surface area contributed by atoms with Crippen molar-refractivity contribution in [2.75, 3.05) is 19.6 Å². The Hall–Kier alpha value is -4.70. The third kappa shape index (κ3) is 5.71. The number of benzene rings is 2. The average Bonchev–Trinajstić information content (AvgIpc) is 2.94. The van der Waals surface area contributed by atoms with Crippen molar-refractivity contribution in [3.63, 3.8) is 0 Å². The SMILES string of the molecule is CCN1CCN(C(=O)N[C@@H](C(=O)N[C@H]2Cc3cccc(C(=O)O)c3OB2O)c2ccc(C(=O)O)c(Cl)c2F)C(=O)C1=O. The van der Waals surface area contributed by atoms with Gasteiger partial charge in [-0.1, -0.05) is 29.8 Å². The van der Waals surface area contributed by atoms with Gasteiger partial charge in [-0.15, -0.1) is 0 Å². The smallest absolute Gasteiger partial charge is 0.534 e. The van der Waals surface area contributed by atoms with E-state index in [0.29, 0.717) is 10.5 Å². The van der Waals surface area contributed by atoms with Crippen LogP contribution in [-0.4, -0.2) is 93.4 Å². The topological polar surface area (TPSA) is 203 Å². The van der Waals surface area contributed by atoms with Gasteiger partial charge in [-0.05, 0) is 31.0 Å². The Kier molecular flexibility index (Phi) is 8.68. The lowest BCUT2D eigenvalue weighted by atomic mass is 9.72. The van der Waals surface area contributed by atoms with Gasteiger partial charge in [0.25, 0.3) is 0 Å². The number of amides is 5. The van der Waals surface area contributed by atoms with E-state index in [4.69, 9.17) is 16.3 Å². The van der Waals surface area contributed by atoms with Crippen LogP contribution in [0.15, 0.2) is 30.3 Å². The zero-order chi connectivity index (χ0) is 30.9. The molecule has 0 unspecified atom stereocenters. The molecule has 14 nitrogen and oxygen atoms in total. The van der Waals surface area contributed by atoms with Crippen LogP contribution in [-0.2, 0) is 20.8 Å². The Morgan fingerprint density at radius 3 is 2.43 bits per heavy atom. The third-order valence-corrected chi connectivity index (χ3v) is 7.17. The van der Waals surface area contributed by atoms with Crippen LogP contribution >= 0.6 is 11.6 Å². The Morgan fingerprint density at radius 2 is 1.79 bits per heavy atom. The van der Waals surface area contributed by atoms with Crippen LogP contribution in [0.4, 0.5) is 9.18 Å². The predicted molar refractivity (Wildman–Crippen MR) is 141 cm³/mol. The molecule has 0 aromatic heterocycles. The number of aromatic carboxylic acids is 2. The highest BCUT2D eigenvalue weighted by Gasteiger charge is 2.41. The van der Waals surface area contributed by atoms with Gasteiger partial charge >= 0.3 is 36.9 Å². The van der Waals surface area contributed by atoms with Crippen LogP contribution in [0.2, 0.25) is 5.02 Å². The molecule has 2 aliphatic rings. The van der Waals surface area contributed by atoms with Gasteiger partial charge in [-0.25, -0.2) is 18.8 Å². The van der Waals surface area contributed by atoms with E-state index in [1.807, 2.05) is 0 Å². The number of imide groups is 1. The van der Waals surface area contributed by atoms with Crippen LogP contribution in [0, 0.1) is 5.82 Å². The number of nitrogens with one attached hydrogen (secondary N) is 2. The molecule has 1 saturated heterocycles. The van der Waals surface area contributed by atoms with E-state index in [0.717, 1.165) is 12.1 Å². The number of para-hydroxylation sites is 1. The molecule has 0 bridgehead atoms. The van der Waals surface area contributed by atoms with Gasteiger partial charge in [0.05, 0.1) is 22.1 Å². The molecule has 1 fully saturated rings. The van der Waals surface area contributed by atoms with Crippen LogP contribution < -0.4 is 15.3 Å². The molecule has 2 heterocycles. The summed E-state index contributed by atoms with van der Waals surface area (Å²) >= 11 is 5.89. The van der Waals surface area contributed by atoms with Gasteiger partial charge in [-0.2, -0.15) is 0 Å². The van der Waals surface area contributed by atoms with E-state index in [2.05, 4.69) is 10.6 Å². The number of urea groups is 1. The van der Waals surface area contributed by atoms with Crippen molar-refractivity contribution in [1.29, 1.82) is 0 Å². The summed E-state index contributed by atoms with van der Waals surface area (Å²) in [5.74, 6) is -8.82. The molecule has 0 aliphatic carbocycles. The number of halogens is 2. The lowest BCUT2D eigenvalue weighted by molar-refractivity contribution is -0.153. The Labute approximate surface area is 242 Å². The fourth-order valence-corrected chi connectivity index (χ4v) is 4.84. The quantitative estimate of drug-likeness (QED) is 0.218. The van der Waals surface area contributed by atoms with Crippen molar-refractivity contribution in [3.8, 4) is 5.75 Å². The van der Waals surface area contributed by atoms with Crippen LogP contribution in [0.1, 0.15) is 44.8 Å². The molecule has 4 rings (SSSR count). The van der Waals surface area contributed by atoms with Gasteiger partial charge in [0.2, 0.25) is 5.91 Å². The zero-order valence-electron chi connectivity index (χ0n) is 21.8. The fraction of sp³-hybridized carbons (Fsp3) is 0.280. The maximum absolute atomic E-state index is 15.3. The Balaban J connectivity index is 1.64. The van der Waals surface area contributed by atoms with E-state index in [9.17, 15) is 44.0 Å². The molecule has 2 aliphatic heterocycles. The number of nitrogens with zero attached hydrogens (tertiary/aromatic N) is 2. The number of carbonyl (C=O) groups is 6. The third-order valence-electron chi connectivity index (χ3n) is 6.80. The first-order chi connectivity index (χ1) is 19.8. The van der Waals surface area contributed by atoms with Crippen LogP contribution in [0.3, 0.4) is 0 Å². The standard InChI is InChI=1S/C25H23BClFN4O10/c1-2-31-8-9-32(22(35)21(31)34)25(40)30-18(13-7-6-12(23(36)37)16(27)17(13)28)20(33)29-15-10-11-4-3-5-14(24(38)39)19(11)42-26(15)41/h3-7,15,18,41H,2,8-10H2,1H3,(H,29,33)(H,30,40)(H,36,37)(H,38,39)/t15-,18+/m0/s1. The average molecular weight is 605 g/mol. The second-order valence-electron chi connectivity index (χ2n) is 9.29. The molecule has 0 saturated carbocycles. The summed E-state index contributed by atoms with van der Waals surface area (Å²) in [6, 6.07) is 2.85. The lowest BCUT2D eigenvalue weighted by Gasteiger charge is -2.33. The second-order valence-corrected chi connectivity index (χ2v) is 9.66. The molecular formula is C25H23BClFN4O10. The molecule has 17 heteroatoms. The van der Waals surface area contributed by atoms with Gasteiger partial charge in [0, 0.05) is 25.2 Å². The van der Waals surface area contributed by atoms with Crippen molar-refractivity contribution in [2.45, 2.75) is 25.3 Å². The lowest BCUT2D eigenvalue weighted by Crippen LogP contribution is -2.60. The first kappa shape index (κ1) is 30.3. The minimum Gasteiger partial charge on any atom is -0.534 e. The number of rotatable bonds is 7. The summed E-state index contributed by atoms with van der Waals surface area (Å²) in [5.41, 5.74) is -1.11. The number of carboxylic acid groups (broad SMARTS) is 2. The molecule has 5 N–H and O–H groups in total. The summed E-state index contributed by atoms with van der Waals surface area (Å²) in [4.78, 5) is 76.1. The first-order valence-electron chi connectivity index (χ1n) is 12.5. The zero-order valence-corrected chi connectivity index (χ0v) is 22.6. The van der Waals surface area contributed by atoms with Gasteiger partial charge in [-0.3, -0.25) is 19.3 Å². The van der Waals surface area contributed by atoms with Crippen molar-refractivity contribution in [2.24, 2.45) is 0 Å². The van der Waals surface area contributed by atoms with E-state index in [1.165, 1.54) is 23.1 Å². The minimum absolute atomic E-state index is 0.0161. The van der Waals surface area contributed by atoms with Crippen molar-refractivity contribution in [1.82, 2.24) is 20.4 Å². The van der Waals surface area contributed by atoms with Crippen molar-refractivity contribution >= 4 is 54.4 Å². The molecule has 2 aromatic rings. The molecule has 2 atom stereocenters. The highest BCUT2D eigenvalue weighted by atomic mass is 35.5. The predicted octanol–water partition coefficient (Wildman–Crippen LogP) is 0.457. The number of piperazine rings is 1. The number of fused-ring (bicyclic) bond motifs is 1. The fourth-order valence-electron chi connectivity index (χ4n) is 4.59. The van der Waals surface area contributed by atoms with Gasteiger partial charge in [0.15, 0.2) is 0 Å². The van der Waals surface area contributed by atoms with Crippen molar-refractivity contribution < 1.29 is 53.0 Å². The van der Waals surface area contributed by atoms with Gasteiger partial charge in [0.1, 0.15) is 17.6 Å². The summed E-state index contributed by atoms with van der Waals surface area (Å²) in [6.45, 7) is 1.65. The Morgan fingerprint density at radius 1 is 1.10 bits per heavy atom. The number of hydrogen-bond acceptors (Lipinski definition) is 8. The summed E-state index contributed by atoms with van der Waals surface area (Å²) in [5, 5.41) is 32.9. The molecule has 0 radical (unpaired) electrons. The molecule has 5 amide bonds. The van der Waals surface area contributed by atoms with E-state index < -0.39 is 76.8 Å². The number of carboxylic acids is 2. The minimum atomic E-state index is -1.94. The molecule has 0 spiro atoms. The van der Waals surface area contributed by atoms with Crippen molar-refractivity contribution in [3.05, 3.63) is 63.4 Å². The first-order valence-corrected chi connectivity index (χ1v) is 12.9. The molecule has 42 heavy (non-hydrogen) atoms.